The molecule has 0 amide bonds. The Morgan fingerprint density at radius 2 is 1.67 bits per heavy atom. The van der Waals surface area contributed by atoms with Crippen LogP contribution in [0.2, 0.25) is 0 Å². The summed E-state index contributed by atoms with van der Waals surface area (Å²) in [6.07, 6.45) is 3.15. The highest BCUT2D eigenvalue weighted by atomic mass is 15.1. The van der Waals surface area contributed by atoms with Crippen LogP contribution in [0.1, 0.15) is 11.1 Å². The minimum absolute atomic E-state index is 0.00325. The molecule has 0 unspecified atom stereocenters. The molecule has 0 radical (unpaired) electrons. The zero-order valence-electron chi connectivity index (χ0n) is 13.3. The van der Waals surface area contributed by atoms with Gasteiger partial charge in [-0.05, 0) is 29.1 Å². The first-order valence-electron chi connectivity index (χ1n) is 7.02. The van der Waals surface area contributed by atoms with Gasteiger partial charge < -0.3 is 4.90 Å². The number of hydrogen-bond acceptors (Lipinski definition) is 5. The molecule has 1 aliphatic carbocycles. The molecule has 0 saturated carbocycles. The summed E-state index contributed by atoms with van der Waals surface area (Å²) in [5, 5.41) is 34.5. The van der Waals surface area contributed by atoms with Gasteiger partial charge in [0.05, 0.1) is 5.70 Å². The van der Waals surface area contributed by atoms with Crippen molar-refractivity contribution in [2.24, 2.45) is 0 Å². The van der Waals surface area contributed by atoms with E-state index in [1.54, 1.807) is 12.2 Å². The monoisotopic (exact) mass is 311 g/mol. The van der Waals surface area contributed by atoms with Gasteiger partial charge in [0.2, 0.25) is 0 Å². The molecule has 0 atom stereocenters. The number of allylic oxidation sites excluding steroid dienone is 6. The summed E-state index contributed by atoms with van der Waals surface area (Å²) in [6.45, 7) is 0. The predicted molar refractivity (Wildman–Crippen MR) is 91.2 cm³/mol. The molecule has 0 saturated heterocycles. The Morgan fingerprint density at radius 1 is 1.04 bits per heavy atom. The Labute approximate surface area is 140 Å². The molecular formula is C19H13N5. The smallest absolute Gasteiger partial charge is 0.130 e. The second-order valence-electron chi connectivity index (χ2n) is 5.19. The van der Waals surface area contributed by atoms with E-state index in [0.717, 1.165) is 28.0 Å². The van der Waals surface area contributed by atoms with Crippen LogP contribution in [0.3, 0.4) is 0 Å². The van der Waals surface area contributed by atoms with E-state index in [9.17, 15) is 0 Å². The van der Waals surface area contributed by atoms with Gasteiger partial charge in [0.1, 0.15) is 29.4 Å². The molecule has 0 spiro atoms. The first-order chi connectivity index (χ1) is 11.6. The molecule has 5 nitrogen and oxygen atoms in total. The minimum Gasteiger partial charge on any atom is -0.377 e. The van der Waals surface area contributed by atoms with Gasteiger partial charge in [-0.25, -0.2) is 0 Å². The average molecular weight is 311 g/mol. The number of likely N-dealkylation sites (N-methyl/N-ethyl adjacent to an activating group) is 1. The van der Waals surface area contributed by atoms with Crippen LogP contribution in [0.4, 0.5) is 0 Å². The van der Waals surface area contributed by atoms with Crippen molar-refractivity contribution in [1.29, 1.82) is 21.2 Å². The van der Waals surface area contributed by atoms with Crippen molar-refractivity contribution in [2.75, 3.05) is 14.1 Å². The normalized spacial score (nSPS) is 13.2. The van der Waals surface area contributed by atoms with Gasteiger partial charge in [-0.1, -0.05) is 24.3 Å². The lowest BCUT2D eigenvalue weighted by molar-refractivity contribution is 0.539. The van der Waals surface area contributed by atoms with Gasteiger partial charge in [0, 0.05) is 25.2 Å². The SMILES string of the molecule is CN(C)C1=C(C=C(C#N)C#N)c2ccccc2/C1=C/C(=C=N)C#N. The topological polar surface area (TPSA) is 98.5 Å². The third-order valence-corrected chi connectivity index (χ3v) is 3.54. The summed E-state index contributed by atoms with van der Waals surface area (Å²) >= 11 is 0. The van der Waals surface area contributed by atoms with E-state index in [1.165, 1.54) is 0 Å². The molecule has 5 heteroatoms. The number of nitrogens with one attached hydrogen (secondary N) is 1. The van der Waals surface area contributed by atoms with Crippen LogP contribution in [0.5, 0.6) is 0 Å². The van der Waals surface area contributed by atoms with Crippen molar-refractivity contribution in [3.8, 4) is 18.2 Å². The molecule has 2 rings (SSSR count). The number of nitrogens with zero attached hydrogens (tertiary/aromatic N) is 4. The van der Waals surface area contributed by atoms with Crippen LogP contribution < -0.4 is 0 Å². The number of hydrogen-bond donors (Lipinski definition) is 1. The molecule has 1 aliphatic rings. The Hall–Kier alpha value is -3.84. The number of fused-ring (bicyclic) bond motifs is 1. The Morgan fingerprint density at radius 3 is 2.17 bits per heavy atom. The number of rotatable bonds is 3. The summed E-state index contributed by atoms with van der Waals surface area (Å²) < 4.78 is 0. The van der Waals surface area contributed by atoms with Crippen molar-refractivity contribution < 1.29 is 0 Å². The van der Waals surface area contributed by atoms with E-state index in [4.69, 9.17) is 21.2 Å². The van der Waals surface area contributed by atoms with Gasteiger partial charge in [-0.2, -0.15) is 15.8 Å². The molecule has 1 aromatic carbocycles. The molecular weight excluding hydrogens is 298 g/mol. The molecule has 0 bridgehead atoms. The van der Waals surface area contributed by atoms with E-state index < -0.39 is 0 Å². The fourth-order valence-corrected chi connectivity index (χ4v) is 2.60. The van der Waals surface area contributed by atoms with Gasteiger partial charge >= 0.3 is 0 Å². The van der Waals surface area contributed by atoms with Crippen LogP contribution in [0, 0.1) is 39.4 Å². The average Bonchev–Trinajstić information content (AvgIpc) is 2.91. The standard InChI is InChI=1S/C19H13N5/c1-24(2)19-17(7-13(9-20)10-21)15-5-3-4-6-16(15)18(19)8-14(11-22)12-23/h3-8,20H,1-2H3/b17-7-. The first-order valence-corrected chi connectivity index (χ1v) is 7.02. The Bertz CT molecular complexity index is 946. The van der Waals surface area contributed by atoms with E-state index >= 15 is 0 Å². The fourth-order valence-electron chi connectivity index (χ4n) is 2.60. The molecule has 1 N–H and O–H groups in total. The Balaban J connectivity index is 2.87. The van der Waals surface area contributed by atoms with E-state index in [-0.39, 0.29) is 11.1 Å². The molecule has 0 aliphatic heterocycles. The van der Waals surface area contributed by atoms with E-state index in [2.05, 4.69) is 5.87 Å². The molecule has 114 valence electrons. The van der Waals surface area contributed by atoms with Crippen molar-refractivity contribution in [3.63, 3.8) is 0 Å². The van der Waals surface area contributed by atoms with Gasteiger partial charge in [-0.15, -0.1) is 0 Å². The fraction of sp³-hybridized carbons (Fsp3) is 0.105. The Kier molecular flexibility index (Phi) is 4.78. The maximum absolute atomic E-state index is 9.10. The van der Waals surface area contributed by atoms with Crippen LogP contribution in [0.25, 0.3) is 11.1 Å². The van der Waals surface area contributed by atoms with Crippen LogP contribution in [-0.4, -0.2) is 24.9 Å². The third kappa shape index (κ3) is 2.87. The van der Waals surface area contributed by atoms with Crippen LogP contribution in [0.15, 0.2) is 53.3 Å². The maximum atomic E-state index is 9.10. The first kappa shape index (κ1) is 16.5. The lowest BCUT2D eigenvalue weighted by Crippen LogP contribution is -2.11. The molecule has 0 fully saturated rings. The highest BCUT2D eigenvalue weighted by molar-refractivity contribution is 6.04. The van der Waals surface area contributed by atoms with Crippen LogP contribution in [-0.2, 0) is 0 Å². The van der Waals surface area contributed by atoms with Gasteiger partial charge in [-0.3, -0.25) is 5.41 Å². The summed E-state index contributed by atoms with van der Waals surface area (Å²) in [4.78, 5) is 1.86. The van der Waals surface area contributed by atoms with Gasteiger partial charge in [0.25, 0.3) is 0 Å². The van der Waals surface area contributed by atoms with Crippen molar-refractivity contribution in [2.45, 2.75) is 0 Å². The highest BCUT2D eigenvalue weighted by Gasteiger charge is 2.27. The summed E-state index contributed by atoms with van der Waals surface area (Å²) in [5.41, 5.74) is 4.13. The van der Waals surface area contributed by atoms with Crippen LogP contribution >= 0.6 is 0 Å². The lowest BCUT2D eigenvalue weighted by Gasteiger charge is -2.17. The maximum Gasteiger partial charge on any atom is 0.130 e. The van der Waals surface area contributed by atoms with Gasteiger partial charge in [0.15, 0.2) is 0 Å². The third-order valence-electron chi connectivity index (χ3n) is 3.54. The summed E-state index contributed by atoms with van der Waals surface area (Å²) in [6, 6.07) is 13.2. The number of benzene rings is 1. The molecule has 1 aromatic rings. The van der Waals surface area contributed by atoms with Crippen molar-refractivity contribution >= 4 is 17.0 Å². The predicted octanol–water partition coefficient (Wildman–Crippen LogP) is 3.03. The quantitative estimate of drug-likeness (QED) is 0.685. The second kappa shape index (κ2) is 6.95. The molecule has 0 aromatic heterocycles. The molecule has 0 heterocycles. The summed E-state index contributed by atoms with van der Waals surface area (Å²) in [7, 11) is 3.70. The second-order valence-corrected chi connectivity index (χ2v) is 5.19. The largest absolute Gasteiger partial charge is 0.377 e. The van der Waals surface area contributed by atoms with E-state index in [1.807, 2.05) is 61.5 Å². The zero-order chi connectivity index (χ0) is 17.7. The van der Waals surface area contributed by atoms with Crippen molar-refractivity contribution in [1.82, 2.24) is 4.90 Å². The minimum atomic E-state index is 0.00325. The highest BCUT2D eigenvalue weighted by Crippen LogP contribution is 2.43. The van der Waals surface area contributed by atoms with E-state index in [0.29, 0.717) is 0 Å². The molecule has 24 heavy (non-hydrogen) atoms. The lowest BCUT2D eigenvalue weighted by atomic mass is 10.0. The van der Waals surface area contributed by atoms with Crippen molar-refractivity contribution in [3.05, 3.63) is 64.4 Å². The zero-order valence-corrected chi connectivity index (χ0v) is 13.3. The summed E-state index contributed by atoms with van der Waals surface area (Å²) in [5.74, 6) is 2.11. The number of nitriles is 3.